The van der Waals surface area contributed by atoms with Crippen LogP contribution in [-0.2, 0) is 11.2 Å². The number of amides is 1. The largest absolute Gasteiger partial charge is 0.378 e. The van der Waals surface area contributed by atoms with Gasteiger partial charge in [0.15, 0.2) is 0 Å². The molecular formula is C28H26N6O2. The Bertz CT molecular complexity index is 1370. The van der Waals surface area contributed by atoms with Crippen molar-refractivity contribution in [2.75, 3.05) is 48.0 Å². The molecule has 4 heterocycles. The van der Waals surface area contributed by atoms with E-state index < -0.39 is 0 Å². The molecule has 0 aliphatic carbocycles. The maximum atomic E-state index is 13.0. The summed E-state index contributed by atoms with van der Waals surface area (Å²) in [5.74, 6) is 1.43. The lowest BCUT2D eigenvalue weighted by Gasteiger charge is -2.28. The van der Waals surface area contributed by atoms with Crippen molar-refractivity contribution in [1.82, 2.24) is 15.0 Å². The summed E-state index contributed by atoms with van der Waals surface area (Å²) < 4.78 is 5.55. The topological polar surface area (TPSA) is 83.5 Å². The maximum Gasteiger partial charge on any atom is 0.255 e. The molecular weight excluding hydrogens is 452 g/mol. The predicted octanol–water partition coefficient (Wildman–Crippen LogP) is 4.32. The van der Waals surface area contributed by atoms with Crippen LogP contribution in [-0.4, -0.2) is 53.7 Å². The number of hydrogen-bond acceptors (Lipinski definition) is 7. The first-order valence-corrected chi connectivity index (χ1v) is 12.1. The zero-order chi connectivity index (χ0) is 24.3. The molecule has 8 heteroatoms. The van der Waals surface area contributed by atoms with Crippen LogP contribution in [0.5, 0.6) is 0 Å². The van der Waals surface area contributed by atoms with E-state index in [2.05, 4.69) is 20.1 Å². The van der Waals surface area contributed by atoms with Gasteiger partial charge >= 0.3 is 0 Å². The van der Waals surface area contributed by atoms with Crippen LogP contribution in [0.1, 0.15) is 15.9 Å². The molecule has 1 saturated heterocycles. The molecule has 2 aliphatic rings. The van der Waals surface area contributed by atoms with Gasteiger partial charge in [-0.2, -0.15) is 4.98 Å². The minimum Gasteiger partial charge on any atom is -0.378 e. The zero-order valence-corrected chi connectivity index (χ0v) is 19.8. The van der Waals surface area contributed by atoms with E-state index in [0.29, 0.717) is 24.7 Å². The van der Waals surface area contributed by atoms with Crippen LogP contribution in [0, 0.1) is 0 Å². The summed E-state index contributed by atoms with van der Waals surface area (Å²) >= 11 is 0. The molecule has 36 heavy (non-hydrogen) atoms. The molecule has 6 rings (SSSR count). The van der Waals surface area contributed by atoms with E-state index in [0.717, 1.165) is 60.1 Å². The smallest absolute Gasteiger partial charge is 0.255 e. The van der Waals surface area contributed by atoms with Crippen LogP contribution >= 0.6 is 0 Å². The summed E-state index contributed by atoms with van der Waals surface area (Å²) in [6, 6.07) is 21.1. The van der Waals surface area contributed by atoms with Gasteiger partial charge < -0.3 is 19.9 Å². The minimum atomic E-state index is -0.154. The van der Waals surface area contributed by atoms with Gasteiger partial charge in [0.05, 0.1) is 30.8 Å². The molecule has 0 atom stereocenters. The number of anilines is 4. The van der Waals surface area contributed by atoms with E-state index in [-0.39, 0.29) is 5.91 Å². The first-order chi connectivity index (χ1) is 17.8. The van der Waals surface area contributed by atoms with Gasteiger partial charge in [0, 0.05) is 48.2 Å². The average Bonchev–Trinajstić information content (AvgIpc) is 3.38. The maximum absolute atomic E-state index is 13.0. The first-order valence-electron chi connectivity index (χ1n) is 12.1. The Morgan fingerprint density at radius 1 is 0.917 bits per heavy atom. The van der Waals surface area contributed by atoms with Gasteiger partial charge in [0.1, 0.15) is 5.82 Å². The molecule has 4 aromatic rings. The number of aromatic nitrogens is 3. The summed E-state index contributed by atoms with van der Waals surface area (Å²) in [6.07, 6.45) is 4.44. The highest BCUT2D eigenvalue weighted by Gasteiger charge is 2.29. The van der Waals surface area contributed by atoms with Gasteiger partial charge in [-0.05, 0) is 42.8 Å². The van der Waals surface area contributed by atoms with Gasteiger partial charge in [-0.1, -0.05) is 30.3 Å². The van der Waals surface area contributed by atoms with Crippen LogP contribution < -0.4 is 15.1 Å². The number of benzene rings is 2. The number of fused-ring (bicyclic) bond motifs is 1. The molecule has 1 N–H and O–H groups in total. The van der Waals surface area contributed by atoms with Gasteiger partial charge in [-0.25, -0.2) is 4.98 Å². The molecule has 0 unspecified atom stereocenters. The number of nitrogens with zero attached hydrogens (tertiary/aromatic N) is 5. The van der Waals surface area contributed by atoms with Crippen molar-refractivity contribution in [2.45, 2.75) is 6.42 Å². The lowest BCUT2D eigenvalue weighted by molar-refractivity contribution is 0.102. The Balaban J connectivity index is 1.41. The number of carbonyl (C=O) groups excluding carboxylic acids is 1. The number of para-hydroxylation sites is 1. The summed E-state index contributed by atoms with van der Waals surface area (Å²) in [5.41, 5.74) is 5.19. The number of carbonyl (C=O) groups is 1. The van der Waals surface area contributed by atoms with Crippen molar-refractivity contribution < 1.29 is 9.53 Å². The summed E-state index contributed by atoms with van der Waals surface area (Å²) in [4.78, 5) is 31.7. The van der Waals surface area contributed by atoms with E-state index in [4.69, 9.17) is 14.7 Å². The Kier molecular flexibility index (Phi) is 6.01. The molecule has 8 nitrogen and oxygen atoms in total. The number of rotatable bonds is 5. The normalized spacial score (nSPS) is 15.0. The third kappa shape index (κ3) is 4.38. The highest BCUT2D eigenvalue weighted by molar-refractivity contribution is 6.05. The van der Waals surface area contributed by atoms with Crippen LogP contribution in [0.3, 0.4) is 0 Å². The average molecular weight is 479 g/mol. The Morgan fingerprint density at radius 3 is 2.58 bits per heavy atom. The van der Waals surface area contributed by atoms with Crippen molar-refractivity contribution in [3.8, 4) is 11.3 Å². The van der Waals surface area contributed by atoms with E-state index in [1.807, 2.05) is 72.9 Å². The second kappa shape index (κ2) is 9.75. The van der Waals surface area contributed by atoms with Gasteiger partial charge in [-0.15, -0.1) is 0 Å². The van der Waals surface area contributed by atoms with Crippen LogP contribution in [0.15, 0.2) is 79.1 Å². The molecule has 2 aromatic heterocycles. The minimum absolute atomic E-state index is 0.154. The fourth-order valence-electron chi connectivity index (χ4n) is 4.68. The molecule has 2 aromatic carbocycles. The number of ether oxygens (including phenoxy) is 1. The molecule has 0 saturated carbocycles. The Labute approximate surface area is 209 Å². The van der Waals surface area contributed by atoms with Crippen molar-refractivity contribution in [3.05, 3.63) is 90.3 Å². The number of hydrogen-bond donors (Lipinski definition) is 1. The highest BCUT2D eigenvalue weighted by atomic mass is 16.5. The van der Waals surface area contributed by atoms with Crippen LogP contribution in [0.25, 0.3) is 11.3 Å². The van der Waals surface area contributed by atoms with Gasteiger partial charge in [0.25, 0.3) is 5.91 Å². The van der Waals surface area contributed by atoms with E-state index in [9.17, 15) is 4.79 Å². The van der Waals surface area contributed by atoms with Crippen molar-refractivity contribution in [3.63, 3.8) is 0 Å². The molecule has 0 bridgehead atoms. The van der Waals surface area contributed by atoms with E-state index in [1.54, 1.807) is 6.20 Å². The number of pyridine rings is 1. The summed E-state index contributed by atoms with van der Waals surface area (Å²) in [6.45, 7) is 3.58. The summed E-state index contributed by atoms with van der Waals surface area (Å²) in [5, 5.41) is 2.97. The van der Waals surface area contributed by atoms with Crippen molar-refractivity contribution in [1.29, 1.82) is 0 Å². The quantitative estimate of drug-likeness (QED) is 0.457. The van der Waals surface area contributed by atoms with E-state index >= 15 is 0 Å². The lowest BCUT2D eigenvalue weighted by atomic mass is 10.0. The lowest BCUT2D eigenvalue weighted by Crippen LogP contribution is -2.37. The molecule has 1 amide bonds. The van der Waals surface area contributed by atoms with Gasteiger partial charge in [-0.3, -0.25) is 9.78 Å². The molecule has 180 valence electrons. The van der Waals surface area contributed by atoms with Crippen LogP contribution in [0.2, 0.25) is 0 Å². The third-order valence-electron chi connectivity index (χ3n) is 6.50. The second-order valence-electron chi connectivity index (χ2n) is 8.79. The van der Waals surface area contributed by atoms with Crippen molar-refractivity contribution >= 4 is 29.0 Å². The van der Waals surface area contributed by atoms with Crippen molar-refractivity contribution in [2.24, 2.45) is 0 Å². The number of morpholine rings is 1. The second-order valence-corrected chi connectivity index (χ2v) is 8.79. The molecule has 0 radical (unpaired) electrons. The van der Waals surface area contributed by atoms with E-state index in [1.165, 1.54) is 0 Å². The molecule has 2 aliphatic heterocycles. The SMILES string of the molecule is O=C(Nc1ccccc1)c1cccc(-c2nc(N3CCOCC3)nc3c2CCN3c2cccnc2)c1. The predicted molar refractivity (Wildman–Crippen MR) is 140 cm³/mol. The van der Waals surface area contributed by atoms with Gasteiger partial charge in [0.2, 0.25) is 5.95 Å². The zero-order valence-electron chi connectivity index (χ0n) is 19.8. The fraction of sp³-hybridized carbons (Fsp3) is 0.214. The molecule has 1 fully saturated rings. The summed E-state index contributed by atoms with van der Waals surface area (Å²) in [7, 11) is 0. The monoisotopic (exact) mass is 478 g/mol. The number of nitrogens with one attached hydrogen (secondary N) is 1. The first kappa shape index (κ1) is 22.2. The third-order valence-corrected chi connectivity index (χ3v) is 6.50. The Morgan fingerprint density at radius 2 is 1.78 bits per heavy atom. The van der Waals surface area contributed by atoms with Crippen LogP contribution in [0.4, 0.5) is 23.1 Å². The standard InChI is InChI=1S/C28H26N6O2/c35-27(30-22-8-2-1-3-9-22)21-7-4-6-20(18-21)25-24-11-13-34(23-10-5-12-29-19-23)26(24)32-28(31-25)33-14-16-36-17-15-33/h1-10,12,18-19H,11,13-17H2,(H,30,35). The Hall–Kier alpha value is -4.30. The fourth-order valence-corrected chi connectivity index (χ4v) is 4.68. The highest BCUT2D eigenvalue weighted by Crippen LogP contribution is 2.39. The molecule has 0 spiro atoms.